The highest BCUT2D eigenvalue weighted by molar-refractivity contribution is 7.12. The molecule has 174 valence electrons. The average Bonchev–Trinajstić information content (AvgIpc) is 3.44. The molecule has 1 aliphatic carbocycles. The largest absolute Gasteiger partial charge is 0.299 e. The lowest BCUT2D eigenvalue weighted by molar-refractivity contribution is -0.118. The average molecular weight is 463 g/mol. The van der Waals surface area contributed by atoms with Crippen LogP contribution in [-0.4, -0.2) is 29.6 Å². The van der Waals surface area contributed by atoms with Gasteiger partial charge in [0.2, 0.25) is 0 Å². The van der Waals surface area contributed by atoms with E-state index in [1.165, 1.54) is 47.5 Å². The molecule has 0 saturated heterocycles. The van der Waals surface area contributed by atoms with Crippen molar-refractivity contribution in [2.75, 3.05) is 6.54 Å². The number of fused-ring (bicyclic) bond motifs is 1. The molecular formula is C28H34N2O2S. The van der Waals surface area contributed by atoms with E-state index in [0.29, 0.717) is 24.4 Å². The van der Waals surface area contributed by atoms with Crippen molar-refractivity contribution in [1.29, 1.82) is 5.26 Å². The molecule has 5 heteroatoms. The van der Waals surface area contributed by atoms with Gasteiger partial charge < -0.3 is 0 Å². The van der Waals surface area contributed by atoms with E-state index in [1.807, 2.05) is 23.5 Å². The van der Waals surface area contributed by atoms with Crippen LogP contribution in [0.1, 0.15) is 88.7 Å². The summed E-state index contributed by atoms with van der Waals surface area (Å²) in [6.07, 6.45) is 11.0. The molecule has 0 spiro atoms. The summed E-state index contributed by atoms with van der Waals surface area (Å²) >= 11 is 1.84. The van der Waals surface area contributed by atoms with Crippen LogP contribution in [0.25, 0.3) is 0 Å². The first kappa shape index (κ1) is 23.9. The van der Waals surface area contributed by atoms with Crippen LogP contribution in [0.2, 0.25) is 0 Å². The van der Waals surface area contributed by atoms with Gasteiger partial charge >= 0.3 is 0 Å². The van der Waals surface area contributed by atoms with Crippen molar-refractivity contribution in [3.05, 3.63) is 56.3 Å². The summed E-state index contributed by atoms with van der Waals surface area (Å²) in [5.41, 5.74) is 3.79. The molecule has 0 N–H and O–H groups in total. The van der Waals surface area contributed by atoms with E-state index in [4.69, 9.17) is 0 Å². The lowest BCUT2D eigenvalue weighted by Crippen LogP contribution is -2.40. The Morgan fingerprint density at radius 3 is 2.67 bits per heavy atom. The van der Waals surface area contributed by atoms with Gasteiger partial charge in [-0.25, -0.2) is 0 Å². The third kappa shape index (κ3) is 5.99. The highest BCUT2D eigenvalue weighted by atomic mass is 32.1. The number of aryl methyl sites for hydroxylation is 1. The number of aldehydes is 1. The molecule has 33 heavy (non-hydrogen) atoms. The van der Waals surface area contributed by atoms with Crippen LogP contribution < -0.4 is 0 Å². The van der Waals surface area contributed by atoms with Crippen LogP contribution in [-0.2, 0) is 30.6 Å². The van der Waals surface area contributed by atoms with Crippen LogP contribution >= 0.6 is 11.3 Å². The minimum absolute atomic E-state index is 0.233. The molecule has 4 rings (SSSR count). The number of unbranched alkanes of at least 4 members (excludes halogenated alkanes) is 1. The first-order valence-electron chi connectivity index (χ1n) is 12.4. The molecular weight excluding hydrogens is 428 g/mol. The number of ketones is 1. The lowest BCUT2D eigenvalue weighted by atomic mass is 9.96. The fourth-order valence-electron chi connectivity index (χ4n) is 5.37. The summed E-state index contributed by atoms with van der Waals surface area (Å²) in [5.74, 6) is 1.06. The monoisotopic (exact) mass is 462 g/mol. The topological polar surface area (TPSA) is 61.2 Å². The number of rotatable bonds is 10. The predicted molar refractivity (Wildman–Crippen MR) is 133 cm³/mol. The molecule has 1 fully saturated rings. The maximum absolute atomic E-state index is 12.3. The summed E-state index contributed by atoms with van der Waals surface area (Å²) in [5, 5.41) is 9.91. The second-order valence-electron chi connectivity index (χ2n) is 9.83. The van der Waals surface area contributed by atoms with E-state index in [0.717, 1.165) is 55.6 Å². The van der Waals surface area contributed by atoms with Crippen molar-refractivity contribution in [2.24, 2.45) is 5.92 Å². The maximum atomic E-state index is 12.3. The Kier molecular flexibility index (Phi) is 8.11. The van der Waals surface area contributed by atoms with Gasteiger partial charge in [0.1, 0.15) is 18.1 Å². The third-order valence-corrected chi connectivity index (χ3v) is 8.65. The number of thiophene rings is 1. The van der Waals surface area contributed by atoms with E-state index < -0.39 is 0 Å². The van der Waals surface area contributed by atoms with Gasteiger partial charge in [-0.2, -0.15) is 5.26 Å². The van der Waals surface area contributed by atoms with E-state index >= 15 is 0 Å². The molecule has 4 nitrogen and oxygen atoms in total. The molecule has 2 aliphatic rings. The van der Waals surface area contributed by atoms with E-state index in [1.54, 1.807) is 12.1 Å². The minimum atomic E-state index is 0.233. The molecule has 1 aliphatic heterocycles. The van der Waals surface area contributed by atoms with Crippen molar-refractivity contribution in [2.45, 2.75) is 83.7 Å². The number of nitrogens with zero attached hydrogens (tertiary/aromatic N) is 2. The van der Waals surface area contributed by atoms with Gasteiger partial charge in [-0.1, -0.05) is 37.1 Å². The smallest absolute Gasteiger partial charge is 0.150 e. The Balaban J connectivity index is 1.28. The lowest BCUT2D eigenvalue weighted by Gasteiger charge is -2.35. The molecule has 0 radical (unpaired) electrons. The van der Waals surface area contributed by atoms with Gasteiger partial charge in [0, 0.05) is 47.3 Å². The van der Waals surface area contributed by atoms with Crippen LogP contribution in [0.5, 0.6) is 0 Å². The zero-order valence-corrected chi connectivity index (χ0v) is 20.5. The summed E-state index contributed by atoms with van der Waals surface area (Å²) in [6.45, 7) is 4.44. The highest BCUT2D eigenvalue weighted by Crippen LogP contribution is 2.37. The number of carbonyl (C=O) groups excluding carboxylic acids is 2. The van der Waals surface area contributed by atoms with Gasteiger partial charge in [0.05, 0.1) is 5.56 Å². The number of hydrogen-bond acceptors (Lipinski definition) is 5. The SMILES string of the molecule is CC1Cc2sc(CCCCC(=O)Cc3ccc(C=O)cc3)c(C#N)c2CN1CC1CCCC1. The van der Waals surface area contributed by atoms with Crippen molar-refractivity contribution < 1.29 is 9.59 Å². The van der Waals surface area contributed by atoms with Crippen LogP contribution in [0.15, 0.2) is 24.3 Å². The fraction of sp³-hybridized carbons (Fsp3) is 0.536. The van der Waals surface area contributed by atoms with Gasteiger partial charge in [-0.3, -0.25) is 14.5 Å². The third-order valence-electron chi connectivity index (χ3n) is 7.33. The molecule has 1 atom stereocenters. The van der Waals surface area contributed by atoms with Gasteiger partial charge in [0.25, 0.3) is 0 Å². The van der Waals surface area contributed by atoms with E-state index in [9.17, 15) is 14.9 Å². The minimum Gasteiger partial charge on any atom is -0.299 e. The van der Waals surface area contributed by atoms with E-state index in [-0.39, 0.29) is 5.78 Å². The summed E-state index contributed by atoms with van der Waals surface area (Å²) < 4.78 is 0. The fourth-order valence-corrected chi connectivity index (χ4v) is 6.80. The second kappa shape index (κ2) is 11.2. The van der Waals surface area contributed by atoms with E-state index in [2.05, 4.69) is 17.9 Å². The molecule has 2 heterocycles. The van der Waals surface area contributed by atoms with Crippen LogP contribution in [0.4, 0.5) is 0 Å². The van der Waals surface area contributed by atoms with Crippen LogP contribution in [0, 0.1) is 17.2 Å². The van der Waals surface area contributed by atoms with Crippen molar-refractivity contribution in [3.63, 3.8) is 0 Å². The summed E-state index contributed by atoms with van der Waals surface area (Å²) in [6, 6.07) is 10.3. The van der Waals surface area contributed by atoms with Crippen LogP contribution in [0.3, 0.4) is 0 Å². The van der Waals surface area contributed by atoms with Gasteiger partial charge in [-0.15, -0.1) is 11.3 Å². The normalized spacial score (nSPS) is 18.7. The van der Waals surface area contributed by atoms with Gasteiger partial charge in [-0.05, 0) is 62.5 Å². The van der Waals surface area contributed by atoms with Crippen molar-refractivity contribution in [3.8, 4) is 6.07 Å². The summed E-state index contributed by atoms with van der Waals surface area (Å²) in [4.78, 5) is 28.3. The molecule has 1 aromatic carbocycles. The second-order valence-corrected chi connectivity index (χ2v) is 11.0. The number of benzene rings is 1. The number of hydrogen-bond donors (Lipinski definition) is 0. The molecule has 1 unspecified atom stereocenters. The highest BCUT2D eigenvalue weighted by Gasteiger charge is 2.30. The molecule has 2 aromatic rings. The predicted octanol–water partition coefficient (Wildman–Crippen LogP) is 5.89. The Bertz CT molecular complexity index is 1010. The summed E-state index contributed by atoms with van der Waals surface area (Å²) in [7, 11) is 0. The Morgan fingerprint density at radius 2 is 1.97 bits per heavy atom. The zero-order chi connectivity index (χ0) is 23.2. The zero-order valence-electron chi connectivity index (χ0n) is 19.6. The van der Waals surface area contributed by atoms with Crippen molar-refractivity contribution in [1.82, 2.24) is 4.90 Å². The first-order chi connectivity index (χ1) is 16.1. The Morgan fingerprint density at radius 1 is 1.21 bits per heavy atom. The quantitative estimate of drug-likeness (QED) is 0.326. The first-order valence-corrected chi connectivity index (χ1v) is 13.2. The number of Topliss-reactive ketones (excluding diaryl/α,β-unsaturated/α-hetero) is 1. The molecule has 1 aromatic heterocycles. The number of carbonyl (C=O) groups is 2. The molecule has 0 bridgehead atoms. The Hall–Kier alpha value is -2.29. The maximum Gasteiger partial charge on any atom is 0.150 e. The molecule has 1 saturated carbocycles. The number of nitriles is 1. The van der Waals surface area contributed by atoms with Gasteiger partial charge in [0.15, 0.2) is 0 Å². The Labute approximate surface area is 201 Å². The standard InChI is InChI=1S/C28H34N2O2S/c1-20-14-28-26(18-30(20)17-22-6-2-3-7-22)25(16-29)27(33-28)9-5-4-8-24(32)15-21-10-12-23(19-31)13-11-21/h10-13,19-20,22H,2-9,14-15,17-18H2,1H3. The molecule has 0 amide bonds. The van der Waals surface area contributed by atoms with Crippen molar-refractivity contribution >= 4 is 23.4 Å².